The van der Waals surface area contributed by atoms with Crippen molar-refractivity contribution in [2.24, 2.45) is 5.73 Å². The highest BCUT2D eigenvalue weighted by Crippen LogP contribution is 1.98. The fourth-order valence-corrected chi connectivity index (χ4v) is 1.01. The molecule has 1 atom stereocenters. The third-order valence-electron chi connectivity index (χ3n) is 1.16. The summed E-state index contributed by atoms with van der Waals surface area (Å²) in [4.78, 5) is 0. The highest BCUT2D eigenvalue weighted by Gasteiger charge is 1.96. The molecule has 0 amide bonds. The molecule has 0 aromatic rings. The Morgan fingerprint density at radius 1 is 1.50 bits per heavy atom. The predicted octanol–water partition coefficient (Wildman–Crippen LogP) is 1.43. The second-order valence-corrected chi connectivity index (χ2v) is 2.51. The summed E-state index contributed by atoms with van der Waals surface area (Å²) in [5.41, 5.74) is 5.65. The molecule has 0 saturated heterocycles. The SMILES string of the molecule is CCCC(N)CCS. The lowest BCUT2D eigenvalue weighted by atomic mass is 10.1. The van der Waals surface area contributed by atoms with Gasteiger partial charge in [-0.15, -0.1) is 0 Å². The first-order chi connectivity index (χ1) is 3.81. The number of rotatable bonds is 4. The lowest BCUT2D eigenvalue weighted by Crippen LogP contribution is -2.19. The third-order valence-corrected chi connectivity index (χ3v) is 1.42. The van der Waals surface area contributed by atoms with E-state index >= 15 is 0 Å². The van der Waals surface area contributed by atoms with Crippen molar-refractivity contribution in [2.45, 2.75) is 32.2 Å². The Morgan fingerprint density at radius 2 is 2.12 bits per heavy atom. The van der Waals surface area contributed by atoms with Gasteiger partial charge in [-0.3, -0.25) is 0 Å². The molecular formula is C6H15NS. The number of hydrogen-bond donors (Lipinski definition) is 2. The molecule has 0 rings (SSSR count). The zero-order chi connectivity index (χ0) is 6.41. The summed E-state index contributed by atoms with van der Waals surface area (Å²) in [5, 5.41) is 0. The van der Waals surface area contributed by atoms with E-state index in [0.717, 1.165) is 18.6 Å². The highest BCUT2D eigenvalue weighted by molar-refractivity contribution is 7.80. The summed E-state index contributed by atoms with van der Waals surface area (Å²) in [6.45, 7) is 2.15. The van der Waals surface area contributed by atoms with Crippen molar-refractivity contribution in [1.29, 1.82) is 0 Å². The molecule has 2 heteroatoms. The van der Waals surface area contributed by atoms with Gasteiger partial charge in [0.2, 0.25) is 0 Å². The van der Waals surface area contributed by atoms with Crippen molar-refractivity contribution in [3.8, 4) is 0 Å². The molecule has 8 heavy (non-hydrogen) atoms. The molecule has 2 N–H and O–H groups in total. The minimum absolute atomic E-state index is 0.387. The van der Waals surface area contributed by atoms with Crippen molar-refractivity contribution in [2.75, 3.05) is 5.75 Å². The van der Waals surface area contributed by atoms with Crippen molar-refractivity contribution in [3.63, 3.8) is 0 Å². The molecule has 0 aliphatic carbocycles. The van der Waals surface area contributed by atoms with E-state index in [-0.39, 0.29) is 0 Å². The largest absolute Gasteiger partial charge is 0.328 e. The highest BCUT2D eigenvalue weighted by atomic mass is 32.1. The van der Waals surface area contributed by atoms with Gasteiger partial charge < -0.3 is 5.73 Å². The van der Waals surface area contributed by atoms with E-state index in [1.165, 1.54) is 6.42 Å². The molecule has 0 aromatic heterocycles. The van der Waals surface area contributed by atoms with Crippen LogP contribution in [0.1, 0.15) is 26.2 Å². The quantitative estimate of drug-likeness (QED) is 0.557. The van der Waals surface area contributed by atoms with Gasteiger partial charge in [-0.2, -0.15) is 12.6 Å². The lowest BCUT2D eigenvalue weighted by Gasteiger charge is -2.05. The summed E-state index contributed by atoms with van der Waals surface area (Å²) in [6, 6.07) is 0.387. The maximum absolute atomic E-state index is 5.65. The van der Waals surface area contributed by atoms with Crippen molar-refractivity contribution < 1.29 is 0 Å². The molecule has 1 unspecified atom stereocenters. The molecule has 0 saturated carbocycles. The van der Waals surface area contributed by atoms with E-state index in [0.29, 0.717) is 6.04 Å². The summed E-state index contributed by atoms with van der Waals surface area (Å²) in [7, 11) is 0. The Hall–Kier alpha value is 0.310. The van der Waals surface area contributed by atoms with Crippen LogP contribution in [-0.4, -0.2) is 11.8 Å². The summed E-state index contributed by atoms with van der Waals surface area (Å²) in [5.74, 6) is 0.918. The van der Waals surface area contributed by atoms with E-state index < -0.39 is 0 Å². The average molecular weight is 133 g/mol. The summed E-state index contributed by atoms with van der Waals surface area (Å²) in [6.07, 6.45) is 3.38. The van der Waals surface area contributed by atoms with Gasteiger partial charge in [-0.05, 0) is 18.6 Å². The second kappa shape index (κ2) is 5.45. The van der Waals surface area contributed by atoms with Crippen LogP contribution in [0.25, 0.3) is 0 Å². The summed E-state index contributed by atoms with van der Waals surface area (Å²) >= 11 is 4.07. The molecular weight excluding hydrogens is 118 g/mol. The van der Waals surface area contributed by atoms with Gasteiger partial charge in [0.25, 0.3) is 0 Å². The van der Waals surface area contributed by atoms with Gasteiger partial charge in [0.1, 0.15) is 0 Å². The van der Waals surface area contributed by atoms with Crippen LogP contribution in [0.3, 0.4) is 0 Å². The number of thiol groups is 1. The van der Waals surface area contributed by atoms with Crippen LogP contribution in [0.15, 0.2) is 0 Å². The molecule has 0 radical (unpaired) electrons. The number of nitrogens with two attached hydrogens (primary N) is 1. The van der Waals surface area contributed by atoms with Crippen LogP contribution in [0, 0.1) is 0 Å². The smallest absolute Gasteiger partial charge is 0.00464 e. The zero-order valence-electron chi connectivity index (χ0n) is 5.43. The molecule has 0 aromatic carbocycles. The monoisotopic (exact) mass is 133 g/mol. The van der Waals surface area contributed by atoms with Crippen LogP contribution < -0.4 is 5.73 Å². The first-order valence-electron chi connectivity index (χ1n) is 3.17. The number of hydrogen-bond acceptors (Lipinski definition) is 2. The topological polar surface area (TPSA) is 26.0 Å². The van der Waals surface area contributed by atoms with Gasteiger partial charge in [0, 0.05) is 6.04 Å². The summed E-state index contributed by atoms with van der Waals surface area (Å²) < 4.78 is 0. The Labute approximate surface area is 57.1 Å². The van der Waals surface area contributed by atoms with Gasteiger partial charge in [-0.25, -0.2) is 0 Å². The van der Waals surface area contributed by atoms with E-state index in [2.05, 4.69) is 19.6 Å². The minimum Gasteiger partial charge on any atom is -0.328 e. The Bertz CT molecular complexity index is 41.8. The van der Waals surface area contributed by atoms with Crippen molar-refractivity contribution in [1.82, 2.24) is 0 Å². The van der Waals surface area contributed by atoms with Gasteiger partial charge >= 0.3 is 0 Å². The van der Waals surface area contributed by atoms with Crippen LogP contribution in [0.2, 0.25) is 0 Å². The van der Waals surface area contributed by atoms with Crippen LogP contribution >= 0.6 is 12.6 Å². The molecule has 0 spiro atoms. The van der Waals surface area contributed by atoms with Gasteiger partial charge in [0.05, 0.1) is 0 Å². The van der Waals surface area contributed by atoms with E-state index in [4.69, 9.17) is 5.73 Å². The first kappa shape index (κ1) is 8.31. The predicted molar refractivity (Wildman–Crippen MR) is 41.4 cm³/mol. The van der Waals surface area contributed by atoms with Crippen LogP contribution in [0.4, 0.5) is 0 Å². The lowest BCUT2D eigenvalue weighted by molar-refractivity contribution is 0.591. The van der Waals surface area contributed by atoms with Gasteiger partial charge in [-0.1, -0.05) is 13.3 Å². The maximum Gasteiger partial charge on any atom is 0.00464 e. The molecule has 0 aliphatic heterocycles. The Balaban J connectivity index is 2.92. The van der Waals surface area contributed by atoms with Crippen LogP contribution in [0.5, 0.6) is 0 Å². The Kier molecular flexibility index (Phi) is 5.66. The van der Waals surface area contributed by atoms with Gasteiger partial charge in [0.15, 0.2) is 0 Å². The maximum atomic E-state index is 5.65. The van der Waals surface area contributed by atoms with Crippen molar-refractivity contribution >= 4 is 12.6 Å². The molecule has 0 bridgehead atoms. The van der Waals surface area contributed by atoms with Crippen molar-refractivity contribution in [3.05, 3.63) is 0 Å². The van der Waals surface area contributed by atoms with E-state index in [1.807, 2.05) is 0 Å². The molecule has 50 valence electrons. The first-order valence-corrected chi connectivity index (χ1v) is 3.81. The molecule has 0 heterocycles. The fourth-order valence-electron chi connectivity index (χ4n) is 0.681. The normalized spacial score (nSPS) is 13.9. The van der Waals surface area contributed by atoms with Crippen LogP contribution in [-0.2, 0) is 0 Å². The van der Waals surface area contributed by atoms with E-state index in [9.17, 15) is 0 Å². The standard InChI is InChI=1S/C6H15NS/c1-2-3-6(7)4-5-8/h6,8H,2-5,7H2,1H3. The zero-order valence-corrected chi connectivity index (χ0v) is 6.32. The third kappa shape index (κ3) is 4.47. The second-order valence-electron chi connectivity index (χ2n) is 2.06. The average Bonchev–Trinajstić information content (AvgIpc) is 1.68. The Morgan fingerprint density at radius 3 is 2.50 bits per heavy atom. The fraction of sp³-hybridized carbons (Fsp3) is 1.00. The van der Waals surface area contributed by atoms with E-state index in [1.54, 1.807) is 0 Å². The molecule has 0 aliphatic rings. The molecule has 0 fully saturated rings. The molecule has 1 nitrogen and oxygen atoms in total. The minimum atomic E-state index is 0.387.